The van der Waals surface area contributed by atoms with Crippen molar-refractivity contribution in [3.8, 4) is 0 Å². The Bertz CT molecular complexity index is 1180. The largest absolute Gasteiger partial charge is 0.465 e. The molecule has 2 atom stereocenters. The van der Waals surface area contributed by atoms with Crippen LogP contribution in [0.1, 0.15) is 71.2 Å². The highest BCUT2D eigenvalue weighted by Crippen LogP contribution is 2.23. The average Bonchev–Trinajstić information content (AvgIpc) is 2.79. The van der Waals surface area contributed by atoms with Crippen LogP contribution in [0.15, 0.2) is 48.5 Å². The van der Waals surface area contributed by atoms with Gasteiger partial charge in [0.25, 0.3) is 0 Å². The predicted molar refractivity (Wildman–Crippen MR) is 160 cm³/mol. The molecule has 38 heavy (non-hydrogen) atoms. The first-order chi connectivity index (χ1) is 17.4. The van der Waals surface area contributed by atoms with Gasteiger partial charge in [0.1, 0.15) is 0 Å². The molecule has 2 rings (SSSR count). The van der Waals surface area contributed by atoms with Gasteiger partial charge in [0, 0.05) is 18.2 Å². The molecule has 7 nitrogen and oxygen atoms in total. The smallest absolute Gasteiger partial charge is 0.311 e. The Labute approximate surface area is 234 Å². The van der Waals surface area contributed by atoms with E-state index in [2.05, 4.69) is 60.4 Å². The van der Waals surface area contributed by atoms with E-state index >= 15 is 0 Å². The van der Waals surface area contributed by atoms with Crippen molar-refractivity contribution >= 4 is 39.0 Å². The Kier molecular flexibility index (Phi) is 10.7. The van der Waals surface area contributed by atoms with Gasteiger partial charge in [-0.3, -0.25) is 9.52 Å². The number of esters is 1. The van der Waals surface area contributed by atoms with E-state index in [1.54, 1.807) is 12.1 Å². The first-order valence-corrected chi connectivity index (χ1v) is 15.1. The summed E-state index contributed by atoms with van der Waals surface area (Å²) in [5.74, 6) is -0.202. The zero-order chi connectivity index (χ0) is 28.7. The fourth-order valence-corrected chi connectivity index (χ4v) is 4.52. The van der Waals surface area contributed by atoms with Crippen molar-refractivity contribution in [1.82, 2.24) is 10.6 Å². The summed E-state index contributed by atoms with van der Waals surface area (Å²) in [4.78, 5) is 12.4. The van der Waals surface area contributed by atoms with Gasteiger partial charge in [-0.1, -0.05) is 57.2 Å². The van der Waals surface area contributed by atoms with Crippen molar-refractivity contribution in [2.75, 3.05) is 24.1 Å². The number of ether oxygens (including phenoxy) is 1. The zero-order valence-electron chi connectivity index (χ0n) is 23.8. The molecule has 0 heterocycles. The number of hydrogen-bond acceptors (Lipinski definition) is 5. The number of carbonyl (C=O) groups is 1. The molecule has 0 unspecified atom stereocenters. The van der Waals surface area contributed by atoms with Gasteiger partial charge in [-0.2, -0.15) is 0 Å². The third-order valence-electron chi connectivity index (χ3n) is 6.02. The average molecular weight is 562 g/mol. The van der Waals surface area contributed by atoms with Crippen LogP contribution in [0.5, 0.6) is 0 Å². The highest BCUT2D eigenvalue weighted by Gasteiger charge is 2.24. The van der Waals surface area contributed by atoms with Gasteiger partial charge in [-0.05, 0) is 80.6 Å². The van der Waals surface area contributed by atoms with Crippen molar-refractivity contribution < 1.29 is 17.9 Å². The molecule has 0 radical (unpaired) electrons. The van der Waals surface area contributed by atoms with Crippen LogP contribution in [0.2, 0.25) is 0 Å². The molecule has 0 amide bonds. The Balaban J connectivity index is 2.01. The van der Waals surface area contributed by atoms with Crippen LogP contribution in [0.4, 0.5) is 5.69 Å². The number of rotatable bonds is 10. The maximum Gasteiger partial charge on any atom is 0.311 e. The maximum absolute atomic E-state index is 12.4. The van der Waals surface area contributed by atoms with Crippen LogP contribution in [-0.4, -0.2) is 38.9 Å². The van der Waals surface area contributed by atoms with Gasteiger partial charge in [-0.15, -0.1) is 0 Å². The van der Waals surface area contributed by atoms with Crippen molar-refractivity contribution in [3.63, 3.8) is 0 Å². The van der Waals surface area contributed by atoms with Crippen molar-refractivity contribution in [1.29, 1.82) is 0 Å². The van der Waals surface area contributed by atoms with Gasteiger partial charge in [0.15, 0.2) is 5.11 Å². The van der Waals surface area contributed by atoms with E-state index < -0.39 is 15.4 Å². The second-order valence-electron chi connectivity index (χ2n) is 11.9. The third kappa shape index (κ3) is 11.0. The van der Waals surface area contributed by atoms with E-state index in [4.69, 9.17) is 17.0 Å². The van der Waals surface area contributed by atoms with E-state index in [0.717, 1.165) is 18.2 Å². The quantitative estimate of drug-likeness (QED) is 0.267. The van der Waals surface area contributed by atoms with Gasteiger partial charge >= 0.3 is 5.97 Å². The Hall–Kier alpha value is -2.65. The standard InChI is InChI=1S/C29H43N3O4S2/c1-20(23-11-15-25(16-12-23)32-38(8,34)35)31-27(37)30-18-22(19-36-26(33)29(5,6)7)17-21-9-13-24(14-10-21)28(2,3)4/h9-16,20,22,32H,17-19H2,1-8H3,(H2,30,31,37)/t20-,22+/m1/s1. The van der Waals surface area contributed by atoms with Gasteiger partial charge < -0.3 is 15.4 Å². The molecule has 0 saturated heterocycles. The van der Waals surface area contributed by atoms with E-state index in [0.29, 0.717) is 17.3 Å². The van der Waals surface area contributed by atoms with Crippen LogP contribution in [0, 0.1) is 11.3 Å². The SMILES string of the molecule is C[C@@H](NC(=S)NC[C@@H](COC(=O)C(C)(C)C)Cc1ccc(C(C)(C)C)cc1)c1ccc(NS(C)(=O)=O)cc1. The predicted octanol–water partition coefficient (Wildman–Crippen LogP) is 5.33. The Morgan fingerprint density at radius 2 is 1.55 bits per heavy atom. The van der Waals surface area contributed by atoms with E-state index in [9.17, 15) is 13.2 Å². The first-order valence-electron chi connectivity index (χ1n) is 12.8. The number of thiocarbonyl (C=S) groups is 1. The lowest BCUT2D eigenvalue weighted by Gasteiger charge is -2.24. The molecule has 0 fully saturated rings. The number of carbonyl (C=O) groups excluding carboxylic acids is 1. The highest BCUT2D eigenvalue weighted by atomic mass is 32.2. The summed E-state index contributed by atoms with van der Waals surface area (Å²) in [7, 11) is -3.32. The number of sulfonamides is 1. The zero-order valence-corrected chi connectivity index (χ0v) is 25.5. The van der Waals surface area contributed by atoms with Gasteiger partial charge in [-0.25, -0.2) is 8.42 Å². The lowest BCUT2D eigenvalue weighted by molar-refractivity contribution is -0.154. The Morgan fingerprint density at radius 1 is 0.974 bits per heavy atom. The van der Waals surface area contributed by atoms with Crippen LogP contribution < -0.4 is 15.4 Å². The fraction of sp³-hybridized carbons (Fsp3) is 0.517. The second kappa shape index (κ2) is 12.9. The molecular formula is C29H43N3O4S2. The van der Waals surface area contributed by atoms with E-state index in [-0.39, 0.29) is 30.0 Å². The molecule has 2 aromatic rings. The maximum atomic E-state index is 12.4. The summed E-state index contributed by atoms with van der Waals surface area (Å²) in [5.41, 5.74) is 3.43. The second-order valence-corrected chi connectivity index (χ2v) is 14.1. The molecule has 2 aromatic carbocycles. The summed E-state index contributed by atoms with van der Waals surface area (Å²) >= 11 is 5.54. The van der Waals surface area contributed by atoms with Crippen LogP contribution in [0.3, 0.4) is 0 Å². The molecular weight excluding hydrogens is 518 g/mol. The van der Waals surface area contributed by atoms with Crippen molar-refractivity contribution in [2.24, 2.45) is 11.3 Å². The molecule has 0 bridgehead atoms. The fourth-order valence-electron chi connectivity index (χ4n) is 3.70. The summed E-state index contributed by atoms with van der Waals surface area (Å²) in [6.45, 7) is 14.9. The first kappa shape index (κ1) is 31.6. The van der Waals surface area contributed by atoms with Crippen LogP contribution in [0.25, 0.3) is 0 Å². The molecule has 0 aromatic heterocycles. The van der Waals surface area contributed by atoms with Crippen molar-refractivity contribution in [2.45, 2.75) is 66.3 Å². The summed E-state index contributed by atoms with van der Waals surface area (Å²) < 4.78 is 30.9. The van der Waals surface area contributed by atoms with Crippen molar-refractivity contribution in [3.05, 3.63) is 65.2 Å². The minimum Gasteiger partial charge on any atom is -0.465 e. The molecule has 3 N–H and O–H groups in total. The number of benzene rings is 2. The molecule has 0 saturated carbocycles. The van der Waals surface area contributed by atoms with E-state index in [1.165, 1.54) is 11.1 Å². The van der Waals surface area contributed by atoms with E-state index in [1.807, 2.05) is 39.8 Å². The van der Waals surface area contributed by atoms with Gasteiger partial charge in [0.05, 0.1) is 24.3 Å². The highest BCUT2D eigenvalue weighted by molar-refractivity contribution is 7.92. The minimum absolute atomic E-state index is 0.0261. The summed E-state index contributed by atoms with van der Waals surface area (Å²) in [6, 6.07) is 15.6. The lowest BCUT2D eigenvalue weighted by atomic mass is 9.86. The summed E-state index contributed by atoms with van der Waals surface area (Å²) in [5, 5.41) is 7.04. The topological polar surface area (TPSA) is 96.5 Å². The summed E-state index contributed by atoms with van der Waals surface area (Å²) in [6.07, 6.45) is 1.86. The molecule has 0 aliphatic heterocycles. The normalized spacial score (nSPS) is 13.8. The Morgan fingerprint density at radius 3 is 2.05 bits per heavy atom. The number of hydrogen-bond donors (Lipinski definition) is 3. The molecule has 0 aliphatic rings. The van der Waals surface area contributed by atoms with Crippen LogP contribution in [-0.2, 0) is 31.4 Å². The van der Waals surface area contributed by atoms with Gasteiger partial charge in [0.2, 0.25) is 10.0 Å². The minimum atomic E-state index is -3.32. The number of anilines is 1. The molecule has 0 spiro atoms. The molecule has 9 heteroatoms. The van der Waals surface area contributed by atoms with Crippen LogP contribution >= 0.6 is 12.2 Å². The molecule has 210 valence electrons. The number of nitrogens with one attached hydrogen (secondary N) is 3. The third-order valence-corrected chi connectivity index (χ3v) is 6.89. The monoisotopic (exact) mass is 561 g/mol. The lowest BCUT2D eigenvalue weighted by Crippen LogP contribution is -2.41. The molecule has 0 aliphatic carbocycles.